The molecule has 0 aromatic rings. The molecule has 2 heteroatoms. The third kappa shape index (κ3) is 5.83. The second kappa shape index (κ2) is 7.33. The first-order chi connectivity index (χ1) is 8.07. The van der Waals surface area contributed by atoms with Gasteiger partial charge in [0.1, 0.15) is 0 Å². The van der Waals surface area contributed by atoms with E-state index in [-0.39, 0.29) is 12.8 Å². The van der Waals surface area contributed by atoms with Crippen molar-refractivity contribution in [3.05, 3.63) is 0 Å². The van der Waals surface area contributed by atoms with Gasteiger partial charge in [0.2, 0.25) is 5.92 Å². The molecule has 0 spiro atoms. The van der Waals surface area contributed by atoms with E-state index in [0.717, 1.165) is 6.42 Å². The van der Waals surface area contributed by atoms with Crippen LogP contribution in [0.3, 0.4) is 0 Å². The van der Waals surface area contributed by atoms with Crippen molar-refractivity contribution in [1.29, 1.82) is 0 Å². The monoisotopic (exact) mass is 246 g/mol. The van der Waals surface area contributed by atoms with E-state index in [9.17, 15) is 8.78 Å². The number of rotatable bonds is 9. The molecule has 0 amide bonds. The Labute approximate surface area is 105 Å². The molecular formula is C15H28F2. The zero-order chi connectivity index (χ0) is 12.7. The molecule has 1 saturated carbocycles. The summed E-state index contributed by atoms with van der Waals surface area (Å²) in [4.78, 5) is 0. The number of alkyl halides is 2. The minimum Gasteiger partial charge on any atom is -0.207 e. The Bertz CT molecular complexity index is 193. The van der Waals surface area contributed by atoms with Crippen molar-refractivity contribution in [2.45, 2.75) is 84.0 Å². The SMILES string of the molecule is CCCCCC(CCCC)CC1CC(F)(F)C1. The lowest BCUT2D eigenvalue weighted by molar-refractivity contribution is -0.115. The highest BCUT2D eigenvalue weighted by Crippen LogP contribution is 2.46. The van der Waals surface area contributed by atoms with Gasteiger partial charge in [0.15, 0.2) is 0 Å². The molecule has 17 heavy (non-hydrogen) atoms. The fourth-order valence-electron chi connectivity index (χ4n) is 2.98. The molecule has 0 aliphatic heterocycles. The largest absolute Gasteiger partial charge is 0.248 e. The van der Waals surface area contributed by atoms with Gasteiger partial charge < -0.3 is 0 Å². The van der Waals surface area contributed by atoms with Crippen LogP contribution >= 0.6 is 0 Å². The smallest absolute Gasteiger partial charge is 0.207 e. The number of halogens is 2. The molecule has 102 valence electrons. The van der Waals surface area contributed by atoms with Gasteiger partial charge in [-0.05, 0) is 18.3 Å². The van der Waals surface area contributed by atoms with E-state index in [1.165, 1.54) is 44.9 Å². The van der Waals surface area contributed by atoms with Crippen LogP contribution in [-0.2, 0) is 0 Å². The van der Waals surface area contributed by atoms with Gasteiger partial charge in [0, 0.05) is 12.8 Å². The van der Waals surface area contributed by atoms with E-state index >= 15 is 0 Å². The Balaban J connectivity index is 2.20. The number of unbranched alkanes of at least 4 members (excludes halogenated alkanes) is 3. The quantitative estimate of drug-likeness (QED) is 0.450. The molecular weight excluding hydrogens is 218 g/mol. The van der Waals surface area contributed by atoms with Crippen LogP contribution in [0.15, 0.2) is 0 Å². The van der Waals surface area contributed by atoms with E-state index < -0.39 is 5.92 Å². The van der Waals surface area contributed by atoms with E-state index in [4.69, 9.17) is 0 Å². The summed E-state index contributed by atoms with van der Waals surface area (Å²) < 4.78 is 25.6. The van der Waals surface area contributed by atoms with Crippen LogP contribution in [0.25, 0.3) is 0 Å². The molecule has 1 unspecified atom stereocenters. The highest BCUT2D eigenvalue weighted by atomic mass is 19.3. The van der Waals surface area contributed by atoms with Gasteiger partial charge in [-0.3, -0.25) is 0 Å². The third-order valence-corrected chi connectivity index (χ3v) is 4.02. The molecule has 1 aliphatic rings. The average Bonchev–Trinajstić information content (AvgIpc) is 2.23. The van der Waals surface area contributed by atoms with E-state index in [1.807, 2.05) is 0 Å². The summed E-state index contributed by atoms with van der Waals surface area (Å²) in [5.74, 6) is -1.31. The van der Waals surface area contributed by atoms with Gasteiger partial charge in [-0.1, -0.05) is 58.8 Å². The van der Waals surface area contributed by atoms with E-state index in [2.05, 4.69) is 13.8 Å². The normalized spacial score (nSPS) is 21.2. The van der Waals surface area contributed by atoms with Gasteiger partial charge in [-0.15, -0.1) is 0 Å². The summed E-state index contributed by atoms with van der Waals surface area (Å²) in [6.07, 6.45) is 10.2. The lowest BCUT2D eigenvalue weighted by atomic mass is 9.74. The molecule has 0 nitrogen and oxygen atoms in total. The molecule has 1 fully saturated rings. The van der Waals surface area contributed by atoms with Gasteiger partial charge >= 0.3 is 0 Å². The summed E-state index contributed by atoms with van der Waals surface area (Å²) in [6, 6.07) is 0. The van der Waals surface area contributed by atoms with Crippen LogP contribution in [0, 0.1) is 11.8 Å². The summed E-state index contributed by atoms with van der Waals surface area (Å²) in [5.41, 5.74) is 0. The van der Waals surface area contributed by atoms with Crippen LogP contribution in [0.1, 0.15) is 78.1 Å². The fraction of sp³-hybridized carbons (Fsp3) is 1.00. The molecule has 0 aromatic heterocycles. The summed E-state index contributed by atoms with van der Waals surface area (Å²) in [6.45, 7) is 4.42. The Morgan fingerprint density at radius 3 is 2.12 bits per heavy atom. The first kappa shape index (κ1) is 14.9. The Morgan fingerprint density at radius 1 is 1.00 bits per heavy atom. The van der Waals surface area contributed by atoms with Crippen LogP contribution in [0.2, 0.25) is 0 Å². The summed E-state index contributed by atoms with van der Waals surface area (Å²) in [5, 5.41) is 0. The number of hydrogen-bond donors (Lipinski definition) is 0. The standard InChI is InChI=1S/C15H28F2/c1-3-5-7-9-13(8-6-4-2)10-14-11-15(16,17)12-14/h13-14H,3-12H2,1-2H3. The molecule has 0 N–H and O–H groups in total. The maximum Gasteiger partial charge on any atom is 0.248 e. The average molecular weight is 246 g/mol. The number of hydrogen-bond acceptors (Lipinski definition) is 0. The zero-order valence-corrected chi connectivity index (χ0v) is 11.5. The van der Waals surface area contributed by atoms with Gasteiger partial charge in [0.25, 0.3) is 0 Å². The maximum absolute atomic E-state index is 12.8. The van der Waals surface area contributed by atoms with Gasteiger partial charge in [0.05, 0.1) is 0 Å². The second-order valence-corrected chi connectivity index (χ2v) is 5.87. The van der Waals surface area contributed by atoms with Crippen LogP contribution < -0.4 is 0 Å². The van der Waals surface area contributed by atoms with Crippen molar-refractivity contribution in [3.63, 3.8) is 0 Å². The molecule has 1 atom stereocenters. The van der Waals surface area contributed by atoms with Crippen molar-refractivity contribution < 1.29 is 8.78 Å². The maximum atomic E-state index is 12.8. The van der Waals surface area contributed by atoms with Crippen molar-refractivity contribution >= 4 is 0 Å². The lowest BCUT2D eigenvalue weighted by Gasteiger charge is -2.37. The van der Waals surface area contributed by atoms with Crippen LogP contribution in [-0.4, -0.2) is 5.92 Å². The van der Waals surface area contributed by atoms with Crippen molar-refractivity contribution in [3.8, 4) is 0 Å². The molecule has 1 aliphatic carbocycles. The Kier molecular flexibility index (Phi) is 6.43. The van der Waals surface area contributed by atoms with E-state index in [1.54, 1.807) is 0 Å². The first-order valence-electron chi connectivity index (χ1n) is 7.45. The topological polar surface area (TPSA) is 0 Å². The molecule has 0 saturated heterocycles. The van der Waals surface area contributed by atoms with Gasteiger partial charge in [-0.25, -0.2) is 8.78 Å². The molecule has 0 aromatic carbocycles. The van der Waals surface area contributed by atoms with Crippen LogP contribution in [0.5, 0.6) is 0 Å². The highest BCUT2D eigenvalue weighted by molar-refractivity contribution is 4.87. The van der Waals surface area contributed by atoms with E-state index in [0.29, 0.717) is 11.8 Å². The van der Waals surface area contributed by atoms with Crippen molar-refractivity contribution in [1.82, 2.24) is 0 Å². The van der Waals surface area contributed by atoms with Crippen molar-refractivity contribution in [2.24, 2.45) is 11.8 Å². The molecule has 0 radical (unpaired) electrons. The molecule has 0 bridgehead atoms. The summed E-state index contributed by atoms with van der Waals surface area (Å²) in [7, 11) is 0. The van der Waals surface area contributed by atoms with Crippen molar-refractivity contribution in [2.75, 3.05) is 0 Å². The minimum absolute atomic E-state index is 0.156. The summed E-state index contributed by atoms with van der Waals surface area (Å²) >= 11 is 0. The minimum atomic E-state index is -2.33. The Hall–Kier alpha value is -0.140. The van der Waals surface area contributed by atoms with Gasteiger partial charge in [-0.2, -0.15) is 0 Å². The predicted octanol–water partition coefficient (Wildman–Crippen LogP) is 5.81. The molecule has 0 heterocycles. The second-order valence-electron chi connectivity index (χ2n) is 5.87. The molecule has 1 rings (SSSR count). The first-order valence-corrected chi connectivity index (χ1v) is 7.45. The highest BCUT2D eigenvalue weighted by Gasteiger charge is 2.45. The zero-order valence-electron chi connectivity index (χ0n) is 11.5. The van der Waals surface area contributed by atoms with Crippen LogP contribution in [0.4, 0.5) is 8.78 Å². The predicted molar refractivity (Wildman–Crippen MR) is 69.4 cm³/mol. The lowest BCUT2D eigenvalue weighted by Crippen LogP contribution is -2.36. The fourth-order valence-corrected chi connectivity index (χ4v) is 2.98. The third-order valence-electron chi connectivity index (χ3n) is 4.02. The Morgan fingerprint density at radius 2 is 1.59 bits per heavy atom.